The summed E-state index contributed by atoms with van der Waals surface area (Å²) in [6.45, 7) is 3.47. The van der Waals surface area contributed by atoms with Gasteiger partial charge in [-0.3, -0.25) is 19.2 Å². The fraction of sp³-hybridized carbons (Fsp3) is 0.429. The molecule has 1 aromatic rings. The molecule has 122 valence electrons. The number of fused-ring (bicyclic) bond motifs is 1. The number of aryl methyl sites for hydroxylation is 2. The lowest BCUT2D eigenvalue weighted by Crippen LogP contribution is -2.70. The van der Waals surface area contributed by atoms with Crippen molar-refractivity contribution in [1.29, 1.82) is 0 Å². The number of rotatable bonds is 3. The Morgan fingerprint density at radius 2 is 2.13 bits per heavy atom. The highest BCUT2D eigenvalue weighted by Crippen LogP contribution is 2.40. The Morgan fingerprint density at radius 1 is 1.43 bits per heavy atom. The third kappa shape index (κ3) is 2.40. The summed E-state index contributed by atoms with van der Waals surface area (Å²) in [4.78, 5) is 37.2. The molecule has 2 aliphatic heterocycles. The van der Waals surface area contributed by atoms with Gasteiger partial charge in [0.05, 0.1) is 5.69 Å². The molecule has 3 rings (SSSR count). The number of nitrogens with one attached hydrogen (secondary N) is 1. The molecular weight excluding hydrogens is 320 g/mol. The van der Waals surface area contributed by atoms with E-state index in [9.17, 15) is 19.5 Å². The van der Waals surface area contributed by atoms with Gasteiger partial charge in [0.1, 0.15) is 22.8 Å². The van der Waals surface area contributed by atoms with Gasteiger partial charge in [0.25, 0.3) is 11.8 Å². The monoisotopic (exact) mass is 336 g/mol. The molecule has 9 heteroatoms. The van der Waals surface area contributed by atoms with Crippen LogP contribution < -0.4 is 5.32 Å². The first kappa shape index (κ1) is 15.6. The molecule has 2 aliphatic rings. The van der Waals surface area contributed by atoms with Gasteiger partial charge in [-0.25, -0.2) is 4.79 Å². The molecule has 0 saturated carbocycles. The van der Waals surface area contributed by atoms with Gasteiger partial charge < -0.3 is 10.4 Å². The van der Waals surface area contributed by atoms with Crippen molar-refractivity contribution in [3.05, 3.63) is 28.7 Å². The number of carbonyl (C=O) groups is 3. The fourth-order valence-electron chi connectivity index (χ4n) is 2.81. The number of thioether (sulfide) groups is 1. The van der Waals surface area contributed by atoms with Crippen molar-refractivity contribution in [3.8, 4) is 0 Å². The zero-order valence-electron chi connectivity index (χ0n) is 12.9. The number of β-lactam (4-membered cyclic amide) rings is 1. The highest BCUT2D eigenvalue weighted by molar-refractivity contribution is 8.00. The van der Waals surface area contributed by atoms with Gasteiger partial charge in [-0.05, 0) is 25.5 Å². The van der Waals surface area contributed by atoms with E-state index in [2.05, 4.69) is 10.4 Å². The molecule has 0 spiro atoms. The third-order valence-corrected chi connectivity index (χ3v) is 5.31. The van der Waals surface area contributed by atoms with E-state index in [1.54, 1.807) is 27.0 Å². The lowest BCUT2D eigenvalue weighted by Gasteiger charge is -2.49. The number of hydrogen-bond acceptors (Lipinski definition) is 5. The molecule has 0 unspecified atom stereocenters. The SMILES string of the molecule is CC1=C(C(=O)O)N2C(=O)[C@@H](NC(=O)c3cc(C)nn3C)[C@H]2SC1. The maximum Gasteiger partial charge on any atom is 0.352 e. The largest absolute Gasteiger partial charge is 0.477 e. The Bertz CT molecular complexity index is 754. The molecule has 1 aromatic heterocycles. The summed E-state index contributed by atoms with van der Waals surface area (Å²) in [7, 11) is 1.65. The van der Waals surface area contributed by atoms with Crippen LogP contribution >= 0.6 is 11.8 Å². The molecular formula is C14H16N4O4S. The molecule has 8 nitrogen and oxygen atoms in total. The van der Waals surface area contributed by atoms with Crippen LogP contribution in [0, 0.1) is 6.92 Å². The van der Waals surface area contributed by atoms with Crippen LogP contribution in [0.5, 0.6) is 0 Å². The first-order valence-corrected chi connectivity index (χ1v) is 8.05. The summed E-state index contributed by atoms with van der Waals surface area (Å²) in [5.74, 6) is -1.39. The molecule has 23 heavy (non-hydrogen) atoms. The molecule has 2 amide bonds. The van der Waals surface area contributed by atoms with Gasteiger partial charge >= 0.3 is 5.97 Å². The molecule has 0 aromatic carbocycles. The predicted molar refractivity (Wildman–Crippen MR) is 82.6 cm³/mol. The van der Waals surface area contributed by atoms with Crippen LogP contribution in [-0.4, -0.2) is 54.7 Å². The summed E-state index contributed by atoms with van der Waals surface area (Å²) in [5.41, 5.74) is 1.75. The average molecular weight is 336 g/mol. The van der Waals surface area contributed by atoms with Crippen molar-refractivity contribution in [1.82, 2.24) is 20.0 Å². The minimum Gasteiger partial charge on any atom is -0.477 e. The van der Waals surface area contributed by atoms with Crippen LogP contribution in [-0.2, 0) is 16.6 Å². The Morgan fingerprint density at radius 3 is 2.70 bits per heavy atom. The average Bonchev–Trinajstić information content (AvgIpc) is 2.82. The number of carboxylic acid groups (broad SMARTS) is 1. The van der Waals surface area contributed by atoms with E-state index in [-0.39, 0.29) is 11.1 Å². The normalized spacial score (nSPS) is 23.4. The number of amides is 2. The minimum atomic E-state index is -1.12. The molecule has 2 atom stereocenters. The van der Waals surface area contributed by atoms with Gasteiger partial charge in [-0.1, -0.05) is 0 Å². The van der Waals surface area contributed by atoms with Crippen LogP contribution in [0.3, 0.4) is 0 Å². The van der Waals surface area contributed by atoms with Crippen molar-refractivity contribution in [2.45, 2.75) is 25.3 Å². The van der Waals surface area contributed by atoms with Crippen molar-refractivity contribution in [2.24, 2.45) is 7.05 Å². The molecule has 1 saturated heterocycles. The molecule has 0 bridgehead atoms. The lowest BCUT2D eigenvalue weighted by molar-refractivity contribution is -0.148. The van der Waals surface area contributed by atoms with Gasteiger partial charge in [0.2, 0.25) is 0 Å². The second-order valence-electron chi connectivity index (χ2n) is 5.59. The molecule has 3 heterocycles. The van der Waals surface area contributed by atoms with Crippen molar-refractivity contribution in [2.75, 3.05) is 5.75 Å². The van der Waals surface area contributed by atoms with Gasteiger partial charge in [-0.15, -0.1) is 11.8 Å². The summed E-state index contributed by atoms with van der Waals surface area (Å²) in [6, 6.07) is 0.918. The predicted octanol–water partition coefficient (Wildman–Crippen LogP) is 0.101. The third-order valence-electron chi connectivity index (χ3n) is 3.88. The van der Waals surface area contributed by atoms with Crippen molar-refractivity contribution < 1.29 is 19.5 Å². The number of aliphatic carboxylic acids is 1. The van der Waals surface area contributed by atoms with Crippen molar-refractivity contribution in [3.63, 3.8) is 0 Å². The molecule has 0 aliphatic carbocycles. The summed E-state index contributed by atoms with van der Waals surface area (Å²) in [6.07, 6.45) is 0. The fourth-order valence-corrected chi connectivity index (χ4v) is 4.11. The maximum absolute atomic E-state index is 12.3. The van der Waals surface area contributed by atoms with Crippen LogP contribution in [0.2, 0.25) is 0 Å². The highest BCUT2D eigenvalue weighted by atomic mass is 32.2. The van der Waals surface area contributed by atoms with E-state index in [1.807, 2.05) is 0 Å². The maximum atomic E-state index is 12.3. The van der Waals surface area contributed by atoms with Gasteiger partial charge in [0.15, 0.2) is 0 Å². The molecule has 0 radical (unpaired) electrons. The number of carbonyl (C=O) groups excluding carboxylic acids is 2. The number of aromatic nitrogens is 2. The Hall–Kier alpha value is -2.29. The second kappa shape index (κ2) is 5.41. The molecule has 2 N–H and O–H groups in total. The van der Waals surface area contributed by atoms with Crippen LogP contribution in [0.15, 0.2) is 17.3 Å². The minimum absolute atomic E-state index is 0.0284. The Kier molecular flexibility index (Phi) is 3.67. The highest BCUT2D eigenvalue weighted by Gasteiger charge is 2.53. The van der Waals surface area contributed by atoms with Gasteiger partial charge in [0, 0.05) is 12.8 Å². The number of carboxylic acids is 1. The summed E-state index contributed by atoms with van der Waals surface area (Å²) >= 11 is 1.45. The van der Waals surface area contributed by atoms with Crippen LogP contribution in [0.1, 0.15) is 23.1 Å². The number of hydrogen-bond donors (Lipinski definition) is 2. The second-order valence-corrected chi connectivity index (χ2v) is 6.69. The van der Waals surface area contributed by atoms with E-state index in [0.29, 0.717) is 22.7 Å². The van der Waals surface area contributed by atoms with Crippen molar-refractivity contribution >= 4 is 29.5 Å². The molecule has 1 fully saturated rings. The quantitative estimate of drug-likeness (QED) is 0.759. The zero-order chi connectivity index (χ0) is 16.9. The van der Waals surface area contributed by atoms with Crippen LogP contribution in [0.4, 0.5) is 0 Å². The zero-order valence-corrected chi connectivity index (χ0v) is 13.7. The first-order chi connectivity index (χ1) is 10.8. The Balaban J connectivity index is 1.78. The van der Waals surface area contributed by atoms with E-state index in [4.69, 9.17) is 0 Å². The standard InChI is InChI=1S/C14H16N4O4S/c1-6-5-23-13-9(12(20)18(13)10(6)14(21)22)15-11(19)8-4-7(2)16-17(8)3/h4,9,13H,5H2,1-3H3,(H,15,19)(H,21,22)/t9-,13-/m1/s1. The first-order valence-electron chi connectivity index (χ1n) is 7.00. The van der Waals surface area contributed by atoms with Gasteiger partial charge in [-0.2, -0.15) is 5.10 Å². The lowest BCUT2D eigenvalue weighted by atomic mass is 10.0. The van der Waals surface area contributed by atoms with E-state index in [0.717, 1.165) is 0 Å². The van der Waals surface area contributed by atoms with E-state index in [1.165, 1.54) is 21.3 Å². The smallest absolute Gasteiger partial charge is 0.352 e. The van der Waals surface area contributed by atoms with Crippen LogP contribution in [0.25, 0.3) is 0 Å². The van der Waals surface area contributed by atoms with E-state index < -0.39 is 23.8 Å². The Labute approximate surface area is 136 Å². The van der Waals surface area contributed by atoms with E-state index >= 15 is 0 Å². The topological polar surface area (TPSA) is 105 Å². The summed E-state index contributed by atoms with van der Waals surface area (Å²) in [5, 5.41) is 15.7. The summed E-state index contributed by atoms with van der Waals surface area (Å²) < 4.78 is 1.45. The number of nitrogens with zero attached hydrogens (tertiary/aromatic N) is 3.